The van der Waals surface area contributed by atoms with Gasteiger partial charge in [-0.3, -0.25) is 0 Å². The SMILES string of the molecule is CC(NC(=O)NCCCn1cnc2ccccc21)C1CC1. The van der Waals surface area contributed by atoms with Crippen molar-refractivity contribution < 1.29 is 4.79 Å². The van der Waals surface area contributed by atoms with E-state index in [1.807, 2.05) is 24.5 Å². The number of fused-ring (bicyclic) bond motifs is 1. The van der Waals surface area contributed by atoms with Crippen LogP contribution < -0.4 is 10.6 Å². The maximum absolute atomic E-state index is 11.7. The van der Waals surface area contributed by atoms with Crippen molar-refractivity contribution in [2.45, 2.75) is 38.8 Å². The first-order valence-electron chi connectivity index (χ1n) is 7.68. The zero-order chi connectivity index (χ0) is 14.7. The second kappa shape index (κ2) is 6.16. The smallest absolute Gasteiger partial charge is 0.315 e. The molecule has 0 spiro atoms. The fraction of sp³-hybridized carbons (Fsp3) is 0.500. The van der Waals surface area contributed by atoms with Gasteiger partial charge in [-0.05, 0) is 44.2 Å². The number of carbonyl (C=O) groups excluding carboxylic acids is 1. The number of carbonyl (C=O) groups is 1. The fourth-order valence-corrected chi connectivity index (χ4v) is 2.61. The van der Waals surface area contributed by atoms with Gasteiger partial charge in [-0.15, -0.1) is 0 Å². The number of nitrogens with one attached hydrogen (secondary N) is 2. The molecule has 1 aromatic carbocycles. The molecule has 1 aliphatic rings. The summed E-state index contributed by atoms with van der Waals surface area (Å²) in [5.41, 5.74) is 2.16. The van der Waals surface area contributed by atoms with E-state index in [0.29, 0.717) is 18.5 Å². The molecule has 1 aliphatic carbocycles. The summed E-state index contributed by atoms with van der Waals surface area (Å²) >= 11 is 0. The molecule has 1 heterocycles. The number of benzene rings is 1. The first-order chi connectivity index (χ1) is 10.2. The largest absolute Gasteiger partial charge is 0.338 e. The van der Waals surface area contributed by atoms with Gasteiger partial charge in [0.25, 0.3) is 0 Å². The van der Waals surface area contributed by atoms with E-state index in [-0.39, 0.29) is 6.03 Å². The van der Waals surface area contributed by atoms with Crippen LogP contribution >= 0.6 is 0 Å². The average Bonchev–Trinajstić information content (AvgIpc) is 3.26. The van der Waals surface area contributed by atoms with Gasteiger partial charge in [0.2, 0.25) is 0 Å². The Morgan fingerprint density at radius 2 is 2.24 bits per heavy atom. The quantitative estimate of drug-likeness (QED) is 0.802. The minimum atomic E-state index is -0.0510. The Morgan fingerprint density at radius 3 is 3.05 bits per heavy atom. The first-order valence-corrected chi connectivity index (χ1v) is 7.68. The van der Waals surface area contributed by atoms with E-state index in [9.17, 15) is 4.79 Å². The monoisotopic (exact) mass is 286 g/mol. The lowest BCUT2D eigenvalue weighted by Crippen LogP contribution is -2.42. The summed E-state index contributed by atoms with van der Waals surface area (Å²) in [6, 6.07) is 8.33. The molecular formula is C16H22N4O. The third-order valence-electron chi connectivity index (χ3n) is 4.08. The van der Waals surface area contributed by atoms with Crippen LogP contribution in [0.5, 0.6) is 0 Å². The molecule has 2 amide bonds. The minimum Gasteiger partial charge on any atom is -0.338 e. The van der Waals surface area contributed by atoms with E-state index in [0.717, 1.165) is 24.0 Å². The number of urea groups is 1. The Labute approximate surface area is 124 Å². The maximum atomic E-state index is 11.7. The van der Waals surface area contributed by atoms with Crippen LogP contribution in [-0.4, -0.2) is 28.2 Å². The lowest BCUT2D eigenvalue weighted by Gasteiger charge is -2.13. The molecule has 1 aromatic heterocycles. The minimum absolute atomic E-state index is 0.0510. The molecule has 21 heavy (non-hydrogen) atoms. The van der Waals surface area contributed by atoms with Crippen molar-refractivity contribution in [3.8, 4) is 0 Å². The lowest BCUT2D eigenvalue weighted by atomic mass is 10.2. The Morgan fingerprint density at radius 1 is 1.43 bits per heavy atom. The molecule has 2 N–H and O–H groups in total. The molecule has 112 valence electrons. The molecule has 0 saturated heterocycles. The van der Waals surface area contributed by atoms with Gasteiger partial charge in [-0.25, -0.2) is 9.78 Å². The van der Waals surface area contributed by atoms with Crippen LogP contribution in [0.1, 0.15) is 26.2 Å². The number of para-hydroxylation sites is 2. The van der Waals surface area contributed by atoms with Crippen molar-refractivity contribution in [1.82, 2.24) is 20.2 Å². The van der Waals surface area contributed by atoms with Crippen LogP contribution in [-0.2, 0) is 6.54 Å². The summed E-state index contributed by atoms with van der Waals surface area (Å²) in [6.45, 7) is 3.61. The number of imidazole rings is 1. The predicted octanol–water partition coefficient (Wildman–Crippen LogP) is 2.52. The van der Waals surface area contributed by atoms with E-state index >= 15 is 0 Å². The van der Waals surface area contributed by atoms with Crippen LogP contribution in [0.4, 0.5) is 4.79 Å². The number of hydrogen-bond acceptors (Lipinski definition) is 2. The van der Waals surface area contributed by atoms with Crippen LogP contribution in [0, 0.1) is 5.92 Å². The van der Waals surface area contributed by atoms with Gasteiger partial charge < -0.3 is 15.2 Å². The maximum Gasteiger partial charge on any atom is 0.315 e. The summed E-state index contributed by atoms with van der Waals surface area (Å²) in [6.07, 6.45) is 5.25. The number of rotatable bonds is 6. The van der Waals surface area contributed by atoms with E-state index in [4.69, 9.17) is 0 Å². The molecule has 5 nitrogen and oxygen atoms in total. The highest BCUT2D eigenvalue weighted by molar-refractivity contribution is 5.75. The highest BCUT2D eigenvalue weighted by Gasteiger charge is 2.28. The summed E-state index contributed by atoms with van der Waals surface area (Å²) < 4.78 is 2.13. The van der Waals surface area contributed by atoms with E-state index in [2.05, 4.69) is 33.2 Å². The zero-order valence-electron chi connectivity index (χ0n) is 12.4. The first kappa shape index (κ1) is 13.9. The zero-order valence-corrected chi connectivity index (χ0v) is 12.4. The fourth-order valence-electron chi connectivity index (χ4n) is 2.61. The van der Waals surface area contributed by atoms with Crippen molar-refractivity contribution in [2.75, 3.05) is 6.54 Å². The molecule has 5 heteroatoms. The van der Waals surface area contributed by atoms with Gasteiger partial charge >= 0.3 is 6.03 Å². The summed E-state index contributed by atoms with van der Waals surface area (Å²) in [7, 11) is 0. The van der Waals surface area contributed by atoms with E-state index < -0.39 is 0 Å². The lowest BCUT2D eigenvalue weighted by molar-refractivity contribution is 0.236. The molecule has 1 fully saturated rings. The van der Waals surface area contributed by atoms with Crippen molar-refractivity contribution in [3.05, 3.63) is 30.6 Å². The van der Waals surface area contributed by atoms with Crippen molar-refractivity contribution in [3.63, 3.8) is 0 Å². The molecule has 0 radical (unpaired) electrons. The third-order valence-corrected chi connectivity index (χ3v) is 4.08. The molecule has 1 saturated carbocycles. The van der Waals surface area contributed by atoms with Gasteiger partial charge in [0, 0.05) is 19.1 Å². The number of aryl methyl sites for hydroxylation is 1. The van der Waals surface area contributed by atoms with Crippen LogP contribution in [0.25, 0.3) is 11.0 Å². The highest BCUT2D eigenvalue weighted by atomic mass is 16.2. The van der Waals surface area contributed by atoms with Gasteiger partial charge in [0.1, 0.15) is 0 Å². The Hall–Kier alpha value is -2.04. The van der Waals surface area contributed by atoms with Crippen molar-refractivity contribution in [1.29, 1.82) is 0 Å². The Bertz CT molecular complexity index is 618. The number of amides is 2. The van der Waals surface area contributed by atoms with Crippen molar-refractivity contribution in [2.24, 2.45) is 5.92 Å². The normalized spacial score (nSPS) is 15.9. The van der Waals surface area contributed by atoms with Crippen molar-refractivity contribution >= 4 is 17.1 Å². The summed E-state index contributed by atoms with van der Waals surface area (Å²) in [5, 5.41) is 5.92. The predicted molar refractivity (Wildman–Crippen MR) is 83.1 cm³/mol. The molecule has 0 bridgehead atoms. The molecule has 2 aromatic rings. The van der Waals surface area contributed by atoms with Gasteiger partial charge in [0.15, 0.2) is 0 Å². The second-order valence-corrected chi connectivity index (χ2v) is 5.81. The third kappa shape index (κ3) is 3.54. The van der Waals surface area contributed by atoms with Crippen LogP contribution in [0.2, 0.25) is 0 Å². The average molecular weight is 286 g/mol. The number of nitrogens with zero attached hydrogens (tertiary/aromatic N) is 2. The van der Waals surface area contributed by atoms with Gasteiger partial charge in [0.05, 0.1) is 17.4 Å². The van der Waals surface area contributed by atoms with E-state index in [1.165, 1.54) is 12.8 Å². The topological polar surface area (TPSA) is 59.0 Å². The second-order valence-electron chi connectivity index (χ2n) is 5.81. The molecular weight excluding hydrogens is 264 g/mol. The highest BCUT2D eigenvalue weighted by Crippen LogP contribution is 2.32. The van der Waals surface area contributed by atoms with Crippen LogP contribution in [0.15, 0.2) is 30.6 Å². The Kier molecular flexibility index (Phi) is 4.08. The Balaban J connectivity index is 1.40. The van der Waals surface area contributed by atoms with Gasteiger partial charge in [-0.1, -0.05) is 12.1 Å². The molecule has 1 atom stereocenters. The standard InChI is InChI=1S/C16H22N4O/c1-12(13-7-8-13)19-16(21)17-9-4-10-20-11-18-14-5-2-3-6-15(14)20/h2-3,5-6,11-13H,4,7-10H2,1H3,(H2,17,19,21). The summed E-state index contributed by atoms with van der Waals surface area (Å²) in [5.74, 6) is 0.688. The van der Waals surface area contributed by atoms with Crippen LogP contribution in [0.3, 0.4) is 0 Å². The summed E-state index contributed by atoms with van der Waals surface area (Å²) in [4.78, 5) is 16.1. The number of hydrogen-bond donors (Lipinski definition) is 2. The molecule has 1 unspecified atom stereocenters. The van der Waals surface area contributed by atoms with E-state index in [1.54, 1.807) is 0 Å². The van der Waals surface area contributed by atoms with Gasteiger partial charge in [-0.2, -0.15) is 0 Å². The molecule has 0 aliphatic heterocycles. The molecule has 3 rings (SSSR count). The number of aromatic nitrogens is 2.